The van der Waals surface area contributed by atoms with Gasteiger partial charge in [0.2, 0.25) is 5.91 Å². The van der Waals surface area contributed by atoms with E-state index < -0.39 is 6.10 Å². The molecule has 0 saturated carbocycles. The fourth-order valence-corrected chi connectivity index (χ4v) is 3.06. The Balaban J connectivity index is 1.56. The fourth-order valence-electron chi connectivity index (χ4n) is 3.06. The summed E-state index contributed by atoms with van der Waals surface area (Å²) in [6, 6.07) is 9.14. The van der Waals surface area contributed by atoms with Gasteiger partial charge in [-0.1, -0.05) is 12.1 Å². The zero-order valence-corrected chi connectivity index (χ0v) is 13.3. The maximum Gasteiger partial charge on any atom is 0.237 e. The van der Waals surface area contributed by atoms with Gasteiger partial charge in [-0.05, 0) is 49.2 Å². The van der Waals surface area contributed by atoms with E-state index >= 15 is 0 Å². The highest BCUT2D eigenvalue weighted by molar-refractivity contribution is 5.81. The molecular weight excluding hydrogens is 311 g/mol. The molecule has 1 fully saturated rings. The molecule has 6 heteroatoms. The summed E-state index contributed by atoms with van der Waals surface area (Å²) >= 11 is 0. The maximum atomic E-state index is 13.0. The molecule has 3 rings (SSSR count). The van der Waals surface area contributed by atoms with Gasteiger partial charge in [0.1, 0.15) is 11.6 Å². The largest absolute Gasteiger partial charge is 0.467 e. The summed E-state index contributed by atoms with van der Waals surface area (Å²) in [6.45, 7) is 1.47. The molecule has 2 aromatic rings. The lowest BCUT2D eigenvalue weighted by atomic mass is 10.1. The van der Waals surface area contributed by atoms with E-state index in [1.54, 1.807) is 24.5 Å². The minimum absolute atomic E-state index is 0.0600. The number of furan rings is 1. The van der Waals surface area contributed by atoms with Gasteiger partial charge in [-0.25, -0.2) is 4.39 Å². The number of halogens is 1. The van der Waals surface area contributed by atoms with Crippen molar-refractivity contribution in [1.82, 2.24) is 10.2 Å². The molecule has 1 aromatic heterocycles. The predicted octanol–water partition coefficient (Wildman–Crippen LogP) is 2.23. The first kappa shape index (κ1) is 16.7. The highest BCUT2D eigenvalue weighted by Crippen LogP contribution is 2.22. The molecule has 5 nitrogen and oxygen atoms in total. The van der Waals surface area contributed by atoms with E-state index in [4.69, 9.17) is 4.42 Å². The van der Waals surface area contributed by atoms with E-state index in [0.717, 1.165) is 19.4 Å². The minimum Gasteiger partial charge on any atom is -0.467 e. The van der Waals surface area contributed by atoms with E-state index in [1.165, 1.54) is 12.1 Å². The average Bonchev–Trinajstić information content (AvgIpc) is 3.25. The highest BCUT2D eigenvalue weighted by Gasteiger charge is 2.32. The van der Waals surface area contributed by atoms with Crippen LogP contribution in [0.3, 0.4) is 0 Å². The van der Waals surface area contributed by atoms with Crippen LogP contribution in [0, 0.1) is 5.82 Å². The molecule has 0 spiro atoms. The predicted molar refractivity (Wildman–Crippen MR) is 86.5 cm³/mol. The molecule has 1 aliphatic heterocycles. The van der Waals surface area contributed by atoms with Gasteiger partial charge in [-0.2, -0.15) is 0 Å². The second-order valence-electron chi connectivity index (χ2n) is 6.02. The number of hydrogen-bond acceptors (Lipinski definition) is 4. The van der Waals surface area contributed by atoms with Crippen molar-refractivity contribution in [2.45, 2.75) is 31.5 Å². The second kappa shape index (κ2) is 7.59. The number of aliphatic hydroxyl groups excluding tert-OH is 1. The van der Waals surface area contributed by atoms with Crippen molar-refractivity contribution in [2.75, 3.05) is 13.1 Å². The summed E-state index contributed by atoms with van der Waals surface area (Å²) in [7, 11) is 0. The quantitative estimate of drug-likeness (QED) is 0.851. The second-order valence-corrected chi connectivity index (χ2v) is 6.02. The zero-order valence-electron chi connectivity index (χ0n) is 13.3. The van der Waals surface area contributed by atoms with E-state index in [-0.39, 0.29) is 17.8 Å². The van der Waals surface area contributed by atoms with E-state index in [2.05, 4.69) is 5.32 Å². The Labute approximate surface area is 140 Å². The molecule has 1 amide bonds. The van der Waals surface area contributed by atoms with Crippen LogP contribution in [-0.2, 0) is 11.3 Å². The number of nitrogens with one attached hydrogen (secondary N) is 1. The van der Waals surface area contributed by atoms with Crippen LogP contribution in [0.15, 0.2) is 47.1 Å². The van der Waals surface area contributed by atoms with Crippen LogP contribution in [0.2, 0.25) is 0 Å². The molecule has 0 bridgehead atoms. The van der Waals surface area contributed by atoms with Gasteiger partial charge < -0.3 is 14.8 Å². The monoisotopic (exact) mass is 332 g/mol. The Kier molecular flexibility index (Phi) is 5.27. The number of hydrogen-bond donors (Lipinski definition) is 2. The Morgan fingerprint density at radius 2 is 2.17 bits per heavy atom. The van der Waals surface area contributed by atoms with Gasteiger partial charge in [0.15, 0.2) is 0 Å². The number of carbonyl (C=O) groups excluding carboxylic acids is 1. The number of β-amino-alcohol motifs (C(OH)–C–C–N with tert-alkyl or cyclic N) is 1. The van der Waals surface area contributed by atoms with Crippen LogP contribution in [-0.4, -0.2) is 35.0 Å². The number of benzene rings is 1. The van der Waals surface area contributed by atoms with Gasteiger partial charge in [0, 0.05) is 6.54 Å². The molecule has 128 valence electrons. The summed E-state index contributed by atoms with van der Waals surface area (Å²) in [5.74, 6) is 0.316. The van der Waals surface area contributed by atoms with Crippen LogP contribution in [0.4, 0.5) is 4.39 Å². The molecule has 0 radical (unpaired) electrons. The molecule has 0 aliphatic carbocycles. The van der Waals surface area contributed by atoms with E-state index in [0.29, 0.717) is 24.4 Å². The Hall–Kier alpha value is -2.18. The third-order valence-corrected chi connectivity index (χ3v) is 4.35. The topological polar surface area (TPSA) is 65.7 Å². The summed E-state index contributed by atoms with van der Waals surface area (Å²) in [5, 5.41) is 13.2. The SMILES string of the molecule is O=C(NCc1ccco1)C1CCCN1CC(O)c1ccc(F)cc1. The van der Waals surface area contributed by atoms with Crippen molar-refractivity contribution < 1.29 is 18.7 Å². The molecular formula is C18H21FN2O3. The first-order chi connectivity index (χ1) is 11.6. The number of rotatable bonds is 6. The maximum absolute atomic E-state index is 13.0. The standard InChI is InChI=1S/C18H21FN2O3/c19-14-7-5-13(6-8-14)17(22)12-21-9-1-4-16(21)18(23)20-11-15-3-2-10-24-15/h2-3,5-8,10,16-17,22H,1,4,9,11-12H2,(H,20,23). The van der Waals surface area contributed by atoms with Gasteiger partial charge in [0.05, 0.1) is 25.0 Å². The lowest BCUT2D eigenvalue weighted by Crippen LogP contribution is -2.44. The summed E-state index contributed by atoms with van der Waals surface area (Å²) < 4.78 is 18.2. The van der Waals surface area contributed by atoms with Crippen LogP contribution >= 0.6 is 0 Å². The average molecular weight is 332 g/mol. The molecule has 1 aromatic carbocycles. The summed E-state index contributed by atoms with van der Waals surface area (Å²) in [5.41, 5.74) is 0.651. The highest BCUT2D eigenvalue weighted by atomic mass is 19.1. The molecule has 24 heavy (non-hydrogen) atoms. The van der Waals surface area contributed by atoms with Crippen LogP contribution in [0.25, 0.3) is 0 Å². The van der Waals surface area contributed by atoms with Gasteiger partial charge in [-0.3, -0.25) is 9.69 Å². The number of carbonyl (C=O) groups is 1. The zero-order chi connectivity index (χ0) is 16.9. The fraction of sp³-hybridized carbons (Fsp3) is 0.389. The first-order valence-corrected chi connectivity index (χ1v) is 8.11. The van der Waals surface area contributed by atoms with Crippen molar-refractivity contribution in [3.63, 3.8) is 0 Å². The smallest absolute Gasteiger partial charge is 0.237 e. The first-order valence-electron chi connectivity index (χ1n) is 8.11. The molecule has 1 saturated heterocycles. The number of aliphatic hydroxyl groups is 1. The van der Waals surface area contributed by atoms with Gasteiger partial charge in [0.25, 0.3) is 0 Å². The Morgan fingerprint density at radius 1 is 1.38 bits per heavy atom. The number of amides is 1. The lowest BCUT2D eigenvalue weighted by molar-refractivity contribution is -0.126. The van der Waals surface area contributed by atoms with E-state index in [1.807, 2.05) is 11.0 Å². The Bertz CT molecular complexity index is 657. The summed E-state index contributed by atoms with van der Waals surface area (Å²) in [6.07, 6.45) is 2.50. The minimum atomic E-state index is -0.746. The van der Waals surface area contributed by atoms with Gasteiger partial charge in [-0.15, -0.1) is 0 Å². The van der Waals surface area contributed by atoms with Crippen molar-refractivity contribution in [3.8, 4) is 0 Å². The van der Waals surface area contributed by atoms with Crippen molar-refractivity contribution in [2.24, 2.45) is 0 Å². The van der Waals surface area contributed by atoms with Crippen LogP contribution < -0.4 is 5.32 Å². The summed E-state index contributed by atoms with van der Waals surface area (Å²) in [4.78, 5) is 14.4. The van der Waals surface area contributed by atoms with Crippen molar-refractivity contribution >= 4 is 5.91 Å². The normalized spacial score (nSPS) is 19.3. The van der Waals surface area contributed by atoms with Gasteiger partial charge >= 0.3 is 0 Å². The number of nitrogens with zero attached hydrogens (tertiary/aromatic N) is 1. The van der Waals surface area contributed by atoms with Crippen LogP contribution in [0.1, 0.15) is 30.3 Å². The Morgan fingerprint density at radius 3 is 2.88 bits per heavy atom. The third kappa shape index (κ3) is 4.01. The molecule has 2 atom stereocenters. The third-order valence-electron chi connectivity index (χ3n) is 4.35. The number of likely N-dealkylation sites (tertiary alicyclic amines) is 1. The molecule has 1 aliphatic rings. The molecule has 2 heterocycles. The lowest BCUT2D eigenvalue weighted by Gasteiger charge is -2.26. The van der Waals surface area contributed by atoms with Crippen molar-refractivity contribution in [1.29, 1.82) is 0 Å². The molecule has 2 unspecified atom stereocenters. The van der Waals surface area contributed by atoms with E-state index in [9.17, 15) is 14.3 Å². The molecule has 2 N–H and O–H groups in total. The van der Waals surface area contributed by atoms with Crippen LogP contribution in [0.5, 0.6) is 0 Å². The van der Waals surface area contributed by atoms with Crippen molar-refractivity contribution in [3.05, 3.63) is 59.8 Å².